The van der Waals surface area contributed by atoms with Crippen molar-refractivity contribution in [2.75, 3.05) is 18.5 Å². The average Bonchev–Trinajstić information content (AvgIpc) is 2.77. The van der Waals surface area contributed by atoms with E-state index >= 15 is 0 Å². The number of nitrogens with one attached hydrogen (secondary N) is 1. The van der Waals surface area contributed by atoms with Gasteiger partial charge < -0.3 is 14.4 Å². The van der Waals surface area contributed by atoms with E-state index in [4.69, 9.17) is 9.05 Å². The van der Waals surface area contributed by atoms with Crippen LogP contribution in [0.15, 0.2) is 17.5 Å². The van der Waals surface area contributed by atoms with Crippen LogP contribution in [0.25, 0.3) is 0 Å². The second kappa shape index (κ2) is 6.74. The van der Waals surface area contributed by atoms with Crippen LogP contribution in [-0.4, -0.2) is 25.2 Å². The lowest BCUT2D eigenvalue weighted by Gasteiger charge is -2.28. The minimum absolute atomic E-state index is 0.129. The highest BCUT2D eigenvalue weighted by molar-refractivity contribution is 7.54. The van der Waals surface area contributed by atoms with Crippen molar-refractivity contribution in [2.45, 2.75) is 25.8 Å². The molecule has 1 atom stereocenters. The Morgan fingerprint density at radius 3 is 2.32 bits per heavy atom. The molecule has 1 N–H and O–H groups in total. The Labute approximate surface area is 113 Å². The molecule has 0 aromatic carbocycles. The second-order valence-electron chi connectivity index (χ2n) is 3.44. The topological polar surface area (TPSA) is 47.6 Å². The summed E-state index contributed by atoms with van der Waals surface area (Å²) in [4.78, 5) is 0. The maximum atomic E-state index is 13.1. The molecule has 0 radical (unpaired) electrons. The highest BCUT2D eigenvalue weighted by atomic mass is 32.1. The Morgan fingerprint density at radius 2 is 1.95 bits per heavy atom. The fraction of sp³-hybridized carbons (Fsp3) is 0.600. The Hall–Kier alpha value is -0.560. The van der Waals surface area contributed by atoms with E-state index < -0.39 is 19.6 Å². The highest BCUT2D eigenvalue weighted by Gasteiger charge is 2.54. The molecule has 1 rings (SSSR count). The lowest BCUT2D eigenvalue weighted by molar-refractivity contribution is -0.129. The van der Waals surface area contributed by atoms with Crippen LogP contribution in [0, 0.1) is 0 Å². The van der Waals surface area contributed by atoms with Crippen molar-refractivity contribution >= 4 is 23.9 Å². The first kappa shape index (κ1) is 16.5. The van der Waals surface area contributed by atoms with Crippen LogP contribution in [0.5, 0.6) is 0 Å². The molecule has 0 aliphatic heterocycles. The quantitative estimate of drug-likeness (QED) is 0.761. The third-order valence-corrected chi connectivity index (χ3v) is 5.14. The molecule has 4 nitrogen and oxygen atoms in total. The smallest absolute Gasteiger partial charge is 0.356 e. The average molecular weight is 317 g/mol. The Balaban J connectivity index is 3.03. The van der Waals surface area contributed by atoms with E-state index in [1.165, 1.54) is 19.9 Å². The van der Waals surface area contributed by atoms with Gasteiger partial charge >= 0.3 is 13.8 Å². The summed E-state index contributed by atoms with van der Waals surface area (Å²) < 4.78 is 61.0. The molecule has 19 heavy (non-hydrogen) atoms. The summed E-state index contributed by atoms with van der Waals surface area (Å²) in [5.41, 5.74) is 0. The van der Waals surface area contributed by atoms with Gasteiger partial charge in [-0.1, -0.05) is 0 Å². The molecule has 0 bridgehead atoms. The van der Waals surface area contributed by atoms with E-state index in [0.29, 0.717) is 0 Å². The summed E-state index contributed by atoms with van der Waals surface area (Å²) in [5, 5.41) is 4.05. The molecule has 0 spiro atoms. The monoisotopic (exact) mass is 317 g/mol. The molecule has 0 saturated heterocycles. The van der Waals surface area contributed by atoms with Gasteiger partial charge in [0.1, 0.15) is 0 Å². The van der Waals surface area contributed by atoms with Gasteiger partial charge in [-0.05, 0) is 31.4 Å². The number of hydrogen-bond donors (Lipinski definition) is 1. The normalized spacial score (nSPS) is 14.4. The molecule has 1 unspecified atom stereocenters. The first-order chi connectivity index (χ1) is 8.83. The molecule has 1 aromatic heterocycles. The van der Waals surface area contributed by atoms with Crippen LogP contribution in [-0.2, 0) is 13.6 Å². The van der Waals surface area contributed by atoms with E-state index in [2.05, 4.69) is 5.32 Å². The fourth-order valence-corrected chi connectivity index (χ4v) is 3.86. The first-order valence-corrected chi connectivity index (χ1v) is 8.08. The van der Waals surface area contributed by atoms with Crippen LogP contribution in [0.2, 0.25) is 0 Å². The predicted octanol–water partition coefficient (Wildman–Crippen LogP) is 4.31. The van der Waals surface area contributed by atoms with Crippen LogP contribution in [0.4, 0.5) is 18.2 Å². The maximum Gasteiger partial charge on any atom is 0.420 e. The lowest BCUT2D eigenvalue weighted by Crippen LogP contribution is -2.37. The highest BCUT2D eigenvalue weighted by Crippen LogP contribution is 2.58. The van der Waals surface area contributed by atoms with Gasteiger partial charge in [0.05, 0.1) is 18.2 Å². The van der Waals surface area contributed by atoms with E-state index in [1.807, 2.05) is 0 Å². The van der Waals surface area contributed by atoms with Crippen LogP contribution in [0.1, 0.15) is 13.8 Å². The number of halogens is 3. The van der Waals surface area contributed by atoms with Crippen molar-refractivity contribution in [1.29, 1.82) is 0 Å². The zero-order chi connectivity index (χ0) is 14.5. The zero-order valence-electron chi connectivity index (χ0n) is 10.4. The number of thiophene rings is 1. The largest absolute Gasteiger partial charge is 0.420 e. The molecule has 0 fully saturated rings. The van der Waals surface area contributed by atoms with Crippen LogP contribution >= 0.6 is 18.9 Å². The predicted molar refractivity (Wildman–Crippen MR) is 68.6 cm³/mol. The molecule has 0 aliphatic carbocycles. The van der Waals surface area contributed by atoms with E-state index in [-0.39, 0.29) is 18.2 Å². The lowest BCUT2D eigenvalue weighted by atomic mass is 10.5. The zero-order valence-corrected chi connectivity index (χ0v) is 12.1. The van der Waals surface area contributed by atoms with Crippen LogP contribution in [0.3, 0.4) is 0 Å². The minimum atomic E-state index is -4.75. The van der Waals surface area contributed by atoms with Crippen molar-refractivity contribution in [3.8, 4) is 0 Å². The van der Waals surface area contributed by atoms with E-state index in [9.17, 15) is 17.7 Å². The minimum Gasteiger partial charge on any atom is -0.356 e. The van der Waals surface area contributed by atoms with Gasteiger partial charge in [-0.3, -0.25) is 4.57 Å². The van der Waals surface area contributed by atoms with Crippen molar-refractivity contribution < 1.29 is 26.8 Å². The summed E-state index contributed by atoms with van der Waals surface area (Å²) >= 11 is 1.08. The van der Waals surface area contributed by atoms with Crippen LogP contribution < -0.4 is 5.32 Å². The van der Waals surface area contributed by atoms with E-state index in [1.54, 1.807) is 11.4 Å². The summed E-state index contributed by atoms with van der Waals surface area (Å²) in [6, 6.07) is 3.05. The third-order valence-electron chi connectivity index (χ3n) is 2.04. The molecule has 0 saturated carbocycles. The van der Waals surface area contributed by atoms with Gasteiger partial charge in [0.25, 0.3) is 0 Å². The molecule has 0 amide bonds. The molecule has 9 heteroatoms. The maximum absolute atomic E-state index is 13.1. The van der Waals surface area contributed by atoms with Gasteiger partial charge in [0, 0.05) is 0 Å². The number of hydrogen-bond acceptors (Lipinski definition) is 5. The summed E-state index contributed by atoms with van der Waals surface area (Å²) in [6.07, 6.45) is -4.75. The van der Waals surface area contributed by atoms with Gasteiger partial charge in [-0.15, -0.1) is 11.3 Å². The first-order valence-electron chi connectivity index (χ1n) is 5.59. The fourth-order valence-electron chi connectivity index (χ4n) is 1.38. The van der Waals surface area contributed by atoms with E-state index in [0.717, 1.165) is 11.3 Å². The Bertz CT molecular complexity index is 414. The number of rotatable bonds is 7. The molecule has 1 aromatic rings. The molecule has 1 heterocycles. The number of alkyl halides is 3. The van der Waals surface area contributed by atoms with Crippen molar-refractivity contribution in [2.24, 2.45) is 0 Å². The summed E-state index contributed by atoms with van der Waals surface area (Å²) in [5.74, 6) is -2.38. The van der Waals surface area contributed by atoms with Crippen molar-refractivity contribution in [3.05, 3.63) is 17.5 Å². The second-order valence-corrected chi connectivity index (χ2v) is 6.50. The number of anilines is 1. The Morgan fingerprint density at radius 1 is 1.37 bits per heavy atom. The van der Waals surface area contributed by atoms with Crippen molar-refractivity contribution in [3.63, 3.8) is 0 Å². The van der Waals surface area contributed by atoms with Gasteiger partial charge in [0.2, 0.25) is 5.78 Å². The van der Waals surface area contributed by atoms with Gasteiger partial charge in [0.15, 0.2) is 0 Å². The molecule has 0 aliphatic rings. The summed E-state index contributed by atoms with van der Waals surface area (Å²) in [7, 11) is -4.32. The third kappa shape index (κ3) is 4.49. The standard InChI is InChI=1S/C10H15F3NO3PS/c1-3-16-18(15,17-4-2)9(10(11,12)13)14-8-6-5-7-19-8/h5-7,9,14H,3-4H2,1-2H3. The molecule has 110 valence electrons. The SMILES string of the molecule is CCOP(=O)(OCC)C(Nc1cccs1)C(F)(F)F. The molecular weight excluding hydrogens is 302 g/mol. The molecular formula is C10H15F3NO3PS. The van der Waals surface area contributed by atoms with Crippen molar-refractivity contribution in [1.82, 2.24) is 0 Å². The summed E-state index contributed by atoms with van der Waals surface area (Å²) in [6.45, 7) is 2.67. The Kier molecular flexibility index (Phi) is 5.85. The van der Waals surface area contributed by atoms with Gasteiger partial charge in [-0.2, -0.15) is 13.2 Å². The van der Waals surface area contributed by atoms with Gasteiger partial charge in [-0.25, -0.2) is 0 Å².